The lowest BCUT2D eigenvalue weighted by atomic mass is 10.3. The van der Waals surface area contributed by atoms with E-state index in [1.165, 1.54) is 0 Å². The summed E-state index contributed by atoms with van der Waals surface area (Å²) in [6.45, 7) is -0.651. The van der Waals surface area contributed by atoms with E-state index in [1.54, 1.807) is 0 Å². The molecule has 0 aromatic carbocycles. The van der Waals surface area contributed by atoms with Crippen molar-refractivity contribution in [2.24, 2.45) is 11.5 Å². The van der Waals surface area contributed by atoms with Crippen LogP contribution >= 0.6 is 21.6 Å². The Bertz CT molecular complexity index is 388. The van der Waals surface area contributed by atoms with Crippen molar-refractivity contribution in [3.8, 4) is 0 Å². The van der Waals surface area contributed by atoms with E-state index >= 15 is 0 Å². The van der Waals surface area contributed by atoms with Crippen LogP contribution in [-0.2, 0) is 19.2 Å². The van der Waals surface area contributed by atoms with E-state index < -0.39 is 35.8 Å². The first-order valence-corrected chi connectivity index (χ1v) is 8.49. The molecule has 0 radical (unpaired) electrons. The Morgan fingerprint density at radius 3 is 1.29 bits per heavy atom. The fraction of sp³-hybridized carbons (Fsp3) is 0.600. The Morgan fingerprint density at radius 1 is 0.792 bits per heavy atom. The molecule has 0 aromatic heterocycles. The summed E-state index contributed by atoms with van der Waals surface area (Å²) in [5.74, 6) is -3.61. The highest BCUT2D eigenvalue weighted by atomic mass is 33.1. The number of nitrogens with one attached hydrogen (secondary N) is 2. The van der Waals surface area contributed by atoms with Crippen molar-refractivity contribution in [2.75, 3.05) is 24.6 Å². The molecule has 0 aliphatic heterocycles. The number of nitrogens with two attached hydrogens (primary N) is 2. The minimum absolute atomic E-state index is 0. The number of carbonyl (C=O) groups is 4. The monoisotopic (exact) mass is 390 g/mol. The van der Waals surface area contributed by atoms with Crippen LogP contribution in [0.3, 0.4) is 0 Å². The summed E-state index contributed by atoms with van der Waals surface area (Å²) in [5, 5.41) is 22.3. The number of carboxylic acid groups (broad SMARTS) is 2. The molecule has 24 heavy (non-hydrogen) atoms. The van der Waals surface area contributed by atoms with E-state index in [2.05, 4.69) is 10.6 Å². The summed E-state index contributed by atoms with van der Waals surface area (Å²) in [5.41, 5.74) is 10.2. The number of carboxylic acids is 2. The Labute approximate surface area is 145 Å². The van der Waals surface area contributed by atoms with E-state index in [1.807, 2.05) is 0 Å². The first kappa shape index (κ1) is 27.3. The van der Waals surface area contributed by atoms with Gasteiger partial charge >= 0.3 is 11.9 Å². The van der Waals surface area contributed by atoms with E-state index in [0.29, 0.717) is 0 Å². The minimum Gasteiger partial charge on any atom is -0.480 e. The maximum absolute atomic E-state index is 11.1. The van der Waals surface area contributed by atoms with Crippen molar-refractivity contribution >= 4 is 45.3 Å². The fourth-order valence-electron chi connectivity index (χ4n) is 1.09. The van der Waals surface area contributed by atoms with Crippen molar-refractivity contribution in [2.45, 2.75) is 12.1 Å². The van der Waals surface area contributed by atoms with Crippen LogP contribution in [0.25, 0.3) is 0 Å². The molecular formula is C10H22N4O8S2. The zero-order valence-electron chi connectivity index (χ0n) is 12.5. The highest BCUT2D eigenvalue weighted by Gasteiger charge is 2.22. The number of carbonyl (C=O) groups excluding carboxylic acids is 2. The van der Waals surface area contributed by atoms with Crippen LogP contribution in [-0.4, -0.2) is 81.6 Å². The van der Waals surface area contributed by atoms with Gasteiger partial charge in [-0.15, -0.1) is 0 Å². The second-order valence-electron chi connectivity index (χ2n) is 3.89. The van der Waals surface area contributed by atoms with E-state index in [4.69, 9.17) is 21.7 Å². The topological polar surface area (TPSA) is 248 Å². The number of rotatable bonds is 11. The third-order valence-electron chi connectivity index (χ3n) is 2.19. The van der Waals surface area contributed by atoms with Crippen molar-refractivity contribution in [1.29, 1.82) is 0 Å². The molecule has 0 bridgehead atoms. The van der Waals surface area contributed by atoms with Gasteiger partial charge in [-0.2, -0.15) is 0 Å². The molecule has 0 fully saturated rings. The summed E-state index contributed by atoms with van der Waals surface area (Å²) >= 11 is 0. The summed E-state index contributed by atoms with van der Waals surface area (Å²) in [4.78, 5) is 44.0. The SMILES string of the molecule is NCC(=O)NC(CSSC[C@H](NC(=O)CN)C(=O)O)C(=O)O.O.O. The zero-order valence-corrected chi connectivity index (χ0v) is 14.1. The van der Waals surface area contributed by atoms with Crippen LogP contribution < -0.4 is 22.1 Å². The van der Waals surface area contributed by atoms with Crippen LogP contribution in [0.1, 0.15) is 0 Å². The first-order chi connectivity index (χ1) is 10.3. The van der Waals surface area contributed by atoms with Crippen molar-refractivity contribution in [3.63, 3.8) is 0 Å². The molecule has 0 aliphatic rings. The molecule has 0 saturated heterocycles. The molecule has 0 aromatic rings. The number of hydrogen-bond acceptors (Lipinski definition) is 8. The van der Waals surface area contributed by atoms with Crippen LogP contribution in [0, 0.1) is 0 Å². The van der Waals surface area contributed by atoms with Gasteiger partial charge in [0, 0.05) is 11.5 Å². The van der Waals surface area contributed by atoms with Gasteiger partial charge < -0.3 is 43.3 Å². The predicted molar refractivity (Wildman–Crippen MR) is 89.4 cm³/mol. The average Bonchev–Trinajstić information content (AvgIpc) is 2.47. The molecule has 12 nitrogen and oxygen atoms in total. The van der Waals surface area contributed by atoms with Gasteiger partial charge in [0.15, 0.2) is 0 Å². The third kappa shape index (κ3) is 11.9. The molecule has 142 valence electrons. The van der Waals surface area contributed by atoms with E-state index in [-0.39, 0.29) is 35.5 Å². The van der Waals surface area contributed by atoms with Gasteiger partial charge in [-0.1, -0.05) is 21.6 Å². The Morgan fingerprint density at radius 2 is 1.08 bits per heavy atom. The Hall–Kier alpha value is -1.58. The minimum atomic E-state index is -1.22. The van der Waals surface area contributed by atoms with Crippen LogP contribution in [0.15, 0.2) is 0 Å². The lowest BCUT2D eigenvalue weighted by Crippen LogP contribution is -2.45. The van der Waals surface area contributed by atoms with Gasteiger partial charge in [-0.05, 0) is 0 Å². The normalized spacial score (nSPS) is 11.9. The molecular weight excluding hydrogens is 368 g/mol. The molecule has 12 N–H and O–H groups in total. The molecule has 1 unspecified atom stereocenters. The number of aliphatic carboxylic acids is 2. The lowest BCUT2D eigenvalue weighted by Gasteiger charge is -2.15. The van der Waals surface area contributed by atoms with Crippen molar-refractivity contribution < 1.29 is 40.3 Å². The van der Waals surface area contributed by atoms with Gasteiger partial charge in [0.05, 0.1) is 13.1 Å². The van der Waals surface area contributed by atoms with Gasteiger partial charge in [-0.3, -0.25) is 9.59 Å². The lowest BCUT2D eigenvalue weighted by molar-refractivity contribution is -0.141. The zero-order chi connectivity index (χ0) is 17.1. The number of amides is 2. The molecule has 0 rings (SSSR count). The van der Waals surface area contributed by atoms with E-state index in [0.717, 1.165) is 21.6 Å². The van der Waals surface area contributed by atoms with Gasteiger partial charge in [-0.25, -0.2) is 9.59 Å². The molecule has 2 atom stereocenters. The summed E-state index contributed by atoms with van der Waals surface area (Å²) < 4.78 is 0. The molecule has 2 amide bonds. The average molecular weight is 390 g/mol. The highest BCUT2D eigenvalue weighted by Crippen LogP contribution is 2.23. The maximum Gasteiger partial charge on any atom is 0.327 e. The highest BCUT2D eigenvalue weighted by molar-refractivity contribution is 8.76. The second kappa shape index (κ2) is 15.0. The Kier molecular flexibility index (Phi) is 17.0. The third-order valence-corrected chi connectivity index (χ3v) is 4.61. The predicted octanol–water partition coefficient (Wildman–Crippen LogP) is -4.23. The first-order valence-electron chi connectivity index (χ1n) is 6.00. The summed E-state index contributed by atoms with van der Waals surface area (Å²) in [7, 11) is 2.11. The molecule has 0 saturated carbocycles. The Balaban J connectivity index is -0.00000220. The van der Waals surface area contributed by atoms with Gasteiger partial charge in [0.2, 0.25) is 11.8 Å². The van der Waals surface area contributed by atoms with Crippen LogP contribution in [0.2, 0.25) is 0 Å². The molecule has 0 spiro atoms. The summed E-state index contributed by atoms with van der Waals surface area (Å²) in [6, 6.07) is -2.26. The van der Waals surface area contributed by atoms with Gasteiger partial charge in [0.1, 0.15) is 12.1 Å². The number of hydrogen-bond donors (Lipinski definition) is 6. The van der Waals surface area contributed by atoms with Crippen molar-refractivity contribution in [1.82, 2.24) is 10.6 Å². The maximum atomic E-state index is 11.1. The summed E-state index contributed by atoms with van der Waals surface area (Å²) in [6.07, 6.45) is 0. The van der Waals surface area contributed by atoms with Crippen molar-refractivity contribution in [3.05, 3.63) is 0 Å². The van der Waals surface area contributed by atoms with E-state index in [9.17, 15) is 19.2 Å². The quantitative estimate of drug-likeness (QED) is 0.146. The van der Waals surface area contributed by atoms with Crippen LogP contribution in [0.5, 0.6) is 0 Å². The largest absolute Gasteiger partial charge is 0.480 e. The fourth-order valence-corrected chi connectivity index (χ4v) is 3.40. The molecule has 14 heteroatoms. The van der Waals surface area contributed by atoms with Crippen LogP contribution in [0.4, 0.5) is 0 Å². The smallest absolute Gasteiger partial charge is 0.327 e. The standard InChI is InChI=1S/C10H18N4O6S2.2H2O/c11-1-7(15)13-5(9(17)18)3-21-22-4-6(10(19)20)14-8(16)2-12;;/h5-6H,1-4,11-12H2,(H,13,15)(H,14,16)(H,17,18)(H,19,20);2*1H2/t5-,6?;;/m0../s1. The second-order valence-corrected chi connectivity index (χ2v) is 6.45. The molecule has 0 heterocycles. The molecule has 0 aliphatic carbocycles. The van der Waals surface area contributed by atoms with Gasteiger partial charge in [0.25, 0.3) is 0 Å².